The lowest BCUT2D eigenvalue weighted by Crippen LogP contribution is -2.15. The van der Waals surface area contributed by atoms with E-state index in [2.05, 4.69) is 0 Å². The highest BCUT2D eigenvalue weighted by Gasteiger charge is 2.02. The van der Waals surface area contributed by atoms with Crippen LogP contribution < -0.4 is 9.92 Å². The van der Waals surface area contributed by atoms with Crippen LogP contribution in [0.1, 0.15) is 0 Å². The molecule has 0 fully saturated rings. The summed E-state index contributed by atoms with van der Waals surface area (Å²) in [4.78, 5) is 0. The molecule has 0 heterocycles. The van der Waals surface area contributed by atoms with Crippen molar-refractivity contribution in [2.75, 3.05) is 6.73 Å². The SMILES string of the molecule is NCOS(=S)(=S)Oc1ccccc1. The van der Waals surface area contributed by atoms with Crippen molar-refractivity contribution < 1.29 is 8.37 Å². The summed E-state index contributed by atoms with van der Waals surface area (Å²) in [7, 11) is -2.34. The van der Waals surface area contributed by atoms with Crippen LogP contribution in [-0.2, 0) is 34.3 Å². The third-order valence-electron chi connectivity index (χ3n) is 1.15. The molecule has 0 bridgehead atoms. The largest absolute Gasteiger partial charge is 0.400 e. The fourth-order valence-electron chi connectivity index (χ4n) is 0.701. The van der Waals surface area contributed by atoms with Gasteiger partial charge in [-0.3, -0.25) is 4.18 Å². The molecule has 0 atom stereocenters. The molecule has 0 amide bonds. The molecule has 1 aromatic carbocycles. The Morgan fingerprint density at radius 1 is 1.23 bits per heavy atom. The molecule has 6 heteroatoms. The average molecular weight is 235 g/mol. The molecule has 0 unspecified atom stereocenters. The highest BCUT2D eigenvalue weighted by molar-refractivity contribution is 8.52. The molecule has 0 aliphatic rings. The maximum absolute atomic E-state index is 5.25. The van der Waals surface area contributed by atoms with Gasteiger partial charge in [0, 0.05) is 22.4 Å². The fourth-order valence-corrected chi connectivity index (χ4v) is 2.07. The van der Waals surface area contributed by atoms with Crippen molar-refractivity contribution >= 4 is 30.1 Å². The maximum atomic E-state index is 5.25. The van der Waals surface area contributed by atoms with Gasteiger partial charge in [-0.25, -0.2) is 0 Å². The number of hydrogen-bond donors (Lipinski definition) is 1. The smallest absolute Gasteiger partial charge is 0.183 e. The van der Waals surface area contributed by atoms with Crippen molar-refractivity contribution in [2.45, 2.75) is 0 Å². The zero-order valence-electron chi connectivity index (χ0n) is 6.71. The zero-order valence-corrected chi connectivity index (χ0v) is 9.16. The second kappa shape index (κ2) is 4.83. The molecule has 0 aliphatic carbocycles. The predicted molar refractivity (Wildman–Crippen MR) is 59.3 cm³/mol. The molecule has 0 saturated heterocycles. The van der Waals surface area contributed by atoms with Gasteiger partial charge in [-0.2, -0.15) is 0 Å². The topological polar surface area (TPSA) is 44.5 Å². The molecule has 2 N–H and O–H groups in total. The van der Waals surface area contributed by atoms with E-state index >= 15 is 0 Å². The minimum absolute atomic E-state index is 0.0187. The Bertz CT molecular complexity index is 349. The second-order valence-corrected chi connectivity index (χ2v) is 6.57. The van der Waals surface area contributed by atoms with Crippen LogP contribution in [0.3, 0.4) is 0 Å². The van der Waals surface area contributed by atoms with Gasteiger partial charge in [0.05, 0.1) is 0 Å². The third-order valence-corrected chi connectivity index (χ3v) is 2.96. The standard InChI is InChI=1S/C7H9NO2S3/c8-6-9-13(11,12)10-7-4-2-1-3-5-7/h1-5H,6,8H2. The van der Waals surface area contributed by atoms with E-state index in [-0.39, 0.29) is 6.73 Å². The van der Waals surface area contributed by atoms with Crippen LogP contribution in [0.2, 0.25) is 0 Å². The molecule has 0 saturated carbocycles. The molecule has 0 radical (unpaired) electrons. The predicted octanol–water partition coefficient (Wildman–Crippen LogP) is 0.906. The van der Waals surface area contributed by atoms with E-state index in [0.717, 1.165) is 0 Å². The number of para-hydroxylation sites is 1. The van der Waals surface area contributed by atoms with E-state index in [9.17, 15) is 0 Å². The van der Waals surface area contributed by atoms with E-state index in [4.69, 9.17) is 36.5 Å². The van der Waals surface area contributed by atoms with Gasteiger partial charge in [0.1, 0.15) is 12.5 Å². The van der Waals surface area contributed by atoms with Gasteiger partial charge in [-0.1, -0.05) is 18.2 Å². The van der Waals surface area contributed by atoms with Crippen molar-refractivity contribution in [2.24, 2.45) is 5.73 Å². The fraction of sp³-hybridized carbons (Fsp3) is 0.143. The lowest BCUT2D eigenvalue weighted by Gasteiger charge is -2.10. The number of rotatable bonds is 4. The summed E-state index contributed by atoms with van der Waals surface area (Å²) in [6, 6.07) is 9.07. The summed E-state index contributed by atoms with van der Waals surface area (Å²) in [5, 5.41) is 0. The van der Waals surface area contributed by atoms with E-state index in [1.807, 2.05) is 18.2 Å². The molecular formula is C7H9NO2S3. The van der Waals surface area contributed by atoms with Crippen molar-refractivity contribution in [1.82, 2.24) is 0 Å². The van der Waals surface area contributed by atoms with Gasteiger partial charge < -0.3 is 9.92 Å². The van der Waals surface area contributed by atoms with E-state index in [1.165, 1.54) is 0 Å². The molecule has 13 heavy (non-hydrogen) atoms. The quantitative estimate of drug-likeness (QED) is 0.786. The summed E-state index contributed by atoms with van der Waals surface area (Å²) in [6.45, 7) is -0.0187. The lowest BCUT2D eigenvalue weighted by atomic mass is 10.3. The molecular weight excluding hydrogens is 226 g/mol. The minimum atomic E-state index is -2.34. The van der Waals surface area contributed by atoms with Gasteiger partial charge in [0.25, 0.3) is 0 Å². The summed E-state index contributed by atoms with van der Waals surface area (Å²) < 4.78 is 10.2. The van der Waals surface area contributed by atoms with E-state index in [1.54, 1.807) is 12.1 Å². The van der Waals surface area contributed by atoms with Gasteiger partial charge in [-0.05, 0) is 12.1 Å². The van der Waals surface area contributed by atoms with Gasteiger partial charge >= 0.3 is 0 Å². The first-order valence-electron chi connectivity index (χ1n) is 3.48. The Morgan fingerprint density at radius 3 is 2.38 bits per heavy atom. The molecule has 0 aromatic heterocycles. The zero-order chi connectivity index (χ0) is 9.73. The first-order chi connectivity index (χ1) is 6.14. The molecule has 72 valence electrons. The monoisotopic (exact) mass is 235 g/mol. The van der Waals surface area contributed by atoms with Crippen LogP contribution >= 0.6 is 0 Å². The normalized spacial score (nSPS) is 11.2. The van der Waals surface area contributed by atoms with Crippen LogP contribution in [0, 0.1) is 0 Å². The second-order valence-electron chi connectivity index (χ2n) is 2.09. The van der Waals surface area contributed by atoms with Crippen molar-refractivity contribution in [3.05, 3.63) is 30.3 Å². The Balaban J connectivity index is 2.70. The van der Waals surface area contributed by atoms with Gasteiger partial charge in [0.2, 0.25) is 0 Å². The maximum Gasteiger partial charge on any atom is 0.183 e. The van der Waals surface area contributed by atoms with E-state index in [0.29, 0.717) is 5.75 Å². The molecule has 1 aromatic rings. The molecule has 3 nitrogen and oxygen atoms in total. The molecule has 0 aliphatic heterocycles. The van der Waals surface area contributed by atoms with Crippen LogP contribution in [0.4, 0.5) is 0 Å². The minimum Gasteiger partial charge on any atom is -0.400 e. The van der Waals surface area contributed by atoms with Gasteiger partial charge in [-0.15, -0.1) is 0 Å². The van der Waals surface area contributed by atoms with Crippen molar-refractivity contribution in [3.8, 4) is 5.75 Å². The summed E-state index contributed by atoms with van der Waals surface area (Å²) in [5.41, 5.74) is 5.15. The molecule has 1 rings (SSSR count). The third kappa shape index (κ3) is 3.97. The lowest BCUT2D eigenvalue weighted by molar-refractivity contribution is 0.350. The highest BCUT2D eigenvalue weighted by Crippen LogP contribution is 2.12. The Labute approximate surface area is 87.1 Å². The summed E-state index contributed by atoms with van der Waals surface area (Å²) in [5.74, 6) is 0.607. The van der Waals surface area contributed by atoms with Crippen LogP contribution in [0.25, 0.3) is 0 Å². The highest BCUT2D eigenvalue weighted by atomic mass is 33.1. The number of hydrogen-bond acceptors (Lipinski definition) is 5. The molecule has 0 spiro atoms. The number of benzene rings is 1. The van der Waals surface area contributed by atoms with Crippen molar-refractivity contribution in [3.63, 3.8) is 0 Å². The number of nitrogens with two attached hydrogens (primary N) is 1. The van der Waals surface area contributed by atoms with Crippen molar-refractivity contribution in [1.29, 1.82) is 0 Å². The Kier molecular flexibility index (Phi) is 4.01. The first kappa shape index (κ1) is 10.8. The average Bonchev–Trinajstić information content (AvgIpc) is 2.04. The van der Waals surface area contributed by atoms with E-state index < -0.39 is 7.71 Å². The van der Waals surface area contributed by atoms with Crippen LogP contribution in [-0.4, -0.2) is 6.73 Å². The Morgan fingerprint density at radius 2 is 1.85 bits per heavy atom. The summed E-state index contributed by atoms with van der Waals surface area (Å²) >= 11 is 9.80. The Hall–Kier alpha value is -0.270. The van der Waals surface area contributed by atoms with Gasteiger partial charge in [0.15, 0.2) is 7.71 Å². The van der Waals surface area contributed by atoms with Crippen LogP contribution in [0.5, 0.6) is 5.75 Å². The first-order valence-corrected chi connectivity index (χ1v) is 6.81. The van der Waals surface area contributed by atoms with Crippen LogP contribution in [0.15, 0.2) is 30.3 Å². The summed E-state index contributed by atoms with van der Waals surface area (Å²) in [6.07, 6.45) is 0.